The van der Waals surface area contributed by atoms with Crippen molar-refractivity contribution >= 4 is 6.21 Å². The topological polar surface area (TPSA) is 60.9 Å². The summed E-state index contributed by atoms with van der Waals surface area (Å²) in [4.78, 5) is 0. The van der Waals surface area contributed by atoms with E-state index in [4.69, 9.17) is 0 Å². The summed E-state index contributed by atoms with van der Waals surface area (Å²) in [7, 11) is 0. The number of rotatable bonds is 4. The van der Waals surface area contributed by atoms with Gasteiger partial charge in [-0.1, -0.05) is 30.3 Å². The molecule has 0 saturated heterocycles. The molecule has 0 atom stereocenters. The van der Waals surface area contributed by atoms with Gasteiger partial charge in [0, 0.05) is 11.1 Å². The maximum Gasteiger partial charge on any atom is 0.184 e. The quantitative estimate of drug-likeness (QED) is 0.521. The van der Waals surface area contributed by atoms with Crippen LogP contribution in [0.1, 0.15) is 17.0 Å². The van der Waals surface area contributed by atoms with E-state index in [2.05, 4.69) is 20.4 Å². The Kier molecular flexibility index (Phi) is 4.33. The first-order chi connectivity index (χ1) is 13.1. The molecule has 7 heteroatoms. The molecule has 6 nitrogen and oxygen atoms in total. The normalized spacial score (nSPS) is 11.4. The van der Waals surface area contributed by atoms with Gasteiger partial charge >= 0.3 is 0 Å². The Balaban J connectivity index is 1.68. The van der Waals surface area contributed by atoms with E-state index < -0.39 is 0 Å². The minimum absolute atomic E-state index is 0.275. The van der Waals surface area contributed by atoms with Crippen molar-refractivity contribution in [1.29, 1.82) is 0 Å². The van der Waals surface area contributed by atoms with E-state index in [1.54, 1.807) is 34.0 Å². The van der Waals surface area contributed by atoms with E-state index >= 15 is 0 Å². The SMILES string of the molecule is Cc1nn(-c2ccc(F)cc2)c(C)c1/C=N\n1cnnc1-c1ccccc1. The van der Waals surface area contributed by atoms with Crippen LogP contribution in [0.2, 0.25) is 0 Å². The summed E-state index contributed by atoms with van der Waals surface area (Å²) in [6.07, 6.45) is 3.31. The van der Waals surface area contributed by atoms with Gasteiger partial charge in [0.1, 0.15) is 12.1 Å². The van der Waals surface area contributed by atoms with E-state index in [9.17, 15) is 4.39 Å². The fourth-order valence-electron chi connectivity index (χ4n) is 2.89. The highest BCUT2D eigenvalue weighted by Gasteiger charge is 2.12. The van der Waals surface area contributed by atoms with Crippen LogP contribution >= 0.6 is 0 Å². The van der Waals surface area contributed by atoms with Gasteiger partial charge < -0.3 is 0 Å². The third-order valence-electron chi connectivity index (χ3n) is 4.29. The van der Waals surface area contributed by atoms with E-state index in [0.717, 1.165) is 28.2 Å². The average Bonchev–Trinajstić information content (AvgIpc) is 3.26. The van der Waals surface area contributed by atoms with E-state index in [1.807, 2.05) is 44.2 Å². The fraction of sp³-hybridized carbons (Fsp3) is 0.100. The van der Waals surface area contributed by atoms with Crippen molar-refractivity contribution in [3.63, 3.8) is 0 Å². The Morgan fingerprint density at radius 1 is 1.00 bits per heavy atom. The zero-order chi connectivity index (χ0) is 18.8. The lowest BCUT2D eigenvalue weighted by molar-refractivity contribution is 0.627. The van der Waals surface area contributed by atoms with Crippen LogP contribution in [0.3, 0.4) is 0 Å². The van der Waals surface area contributed by atoms with Crippen molar-refractivity contribution in [3.05, 3.63) is 83.7 Å². The molecule has 0 unspecified atom stereocenters. The number of halogens is 1. The molecule has 0 aliphatic heterocycles. The molecule has 4 aromatic rings. The van der Waals surface area contributed by atoms with Gasteiger partial charge in [-0.05, 0) is 38.1 Å². The summed E-state index contributed by atoms with van der Waals surface area (Å²) in [6.45, 7) is 3.87. The van der Waals surface area contributed by atoms with Crippen LogP contribution in [-0.2, 0) is 0 Å². The van der Waals surface area contributed by atoms with Gasteiger partial charge in [-0.3, -0.25) is 0 Å². The molecule has 0 fully saturated rings. The van der Waals surface area contributed by atoms with Crippen LogP contribution in [0.15, 0.2) is 66.0 Å². The molecule has 0 saturated carbocycles. The van der Waals surface area contributed by atoms with E-state index in [-0.39, 0.29) is 5.82 Å². The Hall–Kier alpha value is -3.61. The minimum Gasteiger partial charge on any atom is -0.237 e. The molecule has 0 aliphatic carbocycles. The minimum atomic E-state index is -0.275. The Labute approximate surface area is 155 Å². The average molecular weight is 360 g/mol. The maximum atomic E-state index is 13.2. The smallest absolute Gasteiger partial charge is 0.184 e. The first-order valence-corrected chi connectivity index (χ1v) is 8.45. The predicted octanol–water partition coefficient (Wildman–Crippen LogP) is 3.77. The van der Waals surface area contributed by atoms with Crippen molar-refractivity contribution in [2.75, 3.05) is 0 Å². The zero-order valence-corrected chi connectivity index (χ0v) is 14.9. The van der Waals surface area contributed by atoms with Gasteiger partial charge in [0.15, 0.2) is 5.82 Å². The third kappa shape index (κ3) is 3.27. The Morgan fingerprint density at radius 2 is 1.74 bits per heavy atom. The second-order valence-electron chi connectivity index (χ2n) is 6.08. The molecule has 0 radical (unpaired) electrons. The van der Waals surface area contributed by atoms with Crippen molar-refractivity contribution in [2.45, 2.75) is 13.8 Å². The second-order valence-corrected chi connectivity index (χ2v) is 6.08. The molecule has 2 aromatic carbocycles. The van der Waals surface area contributed by atoms with Crippen molar-refractivity contribution in [1.82, 2.24) is 24.7 Å². The number of hydrogen-bond donors (Lipinski definition) is 0. The molecule has 0 spiro atoms. The van der Waals surface area contributed by atoms with Gasteiger partial charge in [0.25, 0.3) is 0 Å². The van der Waals surface area contributed by atoms with Crippen LogP contribution < -0.4 is 0 Å². The summed E-state index contributed by atoms with van der Waals surface area (Å²) in [5, 5.41) is 17.2. The molecule has 0 aliphatic rings. The van der Waals surface area contributed by atoms with E-state index in [1.165, 1.54) is 12.1 Å². The fourth-order valence-corrected chi connectivity index (χ4v) is 2.89. The highest BCUT2D eigenvalue weighted by molar-refractivity contribution is 5.83. The number of hydrogen-bond acceptors (Lipinski definition) is 4. The van der Waals surface area contributed by atoms with Crippen LogP contribution in [0.4, 0.5) is 4.39 Å². The lowest BCUT2D eigenvalue weighted by atomic mass is 10.2. The summed E-state index contributed by atoms with van der Waals surface area (Å²) in [5.74, 6) is 0.385. The summed E-state index contributed by atoms with van der Waals surface area (Å²) >= 11 is 0. The first-order valence-electron chi connectivity index (χ1n) is 8.45. The van der Waals surface area contributed by atoms with Gasteiger partial charge in [-0.25, -0.2) is 9.07 Å². The summed E-state index contributed by atoms with van der Waals surface area (Å²) < 4.78 is 16.6. The highest BCUT2D eigenvalue weighted by atomic mass is 19.1. The molecule has 0 N–H and O–H groups in total. The predicted molar refractivity (Wildman–Crippen MR) is 101 cm³/mol. The van der Waals surface area contributed by atoms with Crippen LogP contribution in [0, 0.1) is 19.7 Å². The molecule has 0 amide bonds. The molecule has 4 rings (SSSR count). The Bertz CT molecular complexity index is 1090. The first kappa shape index (κ1) is 16.8. The third-order valence-corrected chi connectivity index (χ3v) is 4.29. The zero-order valence-electron chi connectivity index (χ0n) is 14.9. The van der Waals surface area contributed by atoms with Crippen molar-refractivity contribution < 1.29 is 4.39 Å². The highest BCUT2D eigenvalue weighted by Crippen LogP contribution is 2.18. The molecule has 0 bridgehead atoms. The number of benzene rings is 2. The number of aromatic nitrogens is 5. The lowest BCUT2D eigenvalue weighted by Crippen LogP contribution is -2.00. The second kappa shape index (κ2) is 6.95. The summed E-state index contributed by atoms with van der Waals surface area (Å²) in [5.41, 5.74) is 4.37. The number of aryl methyl sites for hydroxylation is 1. The molecular formula is C20H17FN6. The molecule has 27 heavy (non-hydrogen) atoms. The van der Waals surface area contributed by atoms with Gasteiger partial charge in [-0.15, -0.1) is 10.2 Å². The lowest BCUT2D eigenvalue weighted by Gasteiger charge is -2.04. The molecule has 2 heterocycles. The van der Waals surface area contributed by atoms with Gasteiger partial charge in [0.05, 0.1) is 23.3 Å². The van der Waals surface area contributed by atoms with E-state index in [0.29, 0.717) is 5.82 Å². The standard InChI is InChI=1S/C20H17FN6/c1-14-19(15(2)27(25-14)18-10-8-17(21)9-11-18)12-23-26-13-22-24-20(26)16-6-4-3-5-7-16/h3-13H,1-2H3/b23-12-. The summed E-state index contributed by atoms with van der Waals surface area (Å²) in [6, 6.07) is 16.0. The van der Waals surface area contributed by atoms with Crippen molar-refractivity contribution in [2.24, 2.45) is 5.10 Å². The van der Waals surface area contributed by atoms with Gasteiger partial charge in [-0.2, -0.15) is 14.9 Å². The van der Waals surface area contributed by atoms with Crippen molar-refractivity contribution in [3.8, 4) is 17.1 Å². The van der Waals surface area contributed by atoms with Crippen LogP contribution in [-0.4, -0.2) is 30.9 Å². The molecule has 134 valence electrons. The Morgan fingerprint density at radius 3 is 2.48 bits per heavy atom. The van der Waals surface area contributed by atoms with Crippen LogP contribution in [0.25, 0.3) is 17.1 Å². The molecule has 2 aromatic heterocycles. The monoisotopic (exact) mass is 360 g/mol. The van der Waals surface area contributed by atoms with Crippen LogP contribution in [0.5, 0.6) is 0 Å². The number of nitrogens with zero attached hydrogens (tertiary/aromatic N) is 6. The molecular weight excluding hydrogens is 343 g/mol. The maximum absolute atomic E-state index is 13.2. The largest absolute Gasteiger partial charge is 0.237 e. The van der Waals surface area contributed by atoms with Gasteiger partial charge in [0.2, 0.25) is 0 Å².